The molecule has 2 aliphatic carbocycles. The molecule has 1 aromatic rings. The molecule has 5 nitrogen and oxygen atoms in total. The van der Waals surface area contributed by atoms with Gasteiger partial charge in [-0.25, -0.2) is 0 Å². The first-order chi connectivity index (χ1) is 13.9. The van der Waals surface area contributed by atoms with Crippen LogP contribution >= 0.6 is 0 Å². The van der Waals surface area contributed by atoms with Gasteiger partial charge in [0, 0.05) is 19.0 Å². The van der Waals surface area contributed by atoms with Gasteiger partial charge in [-0.15, -0.1) is 0 Å². The summed E-state index contributed by atoms with van der Waals surface area (Å²) in [5, 5.41) is 3.47. The Balaban J connectivity index is 1.39. The summed E-state index contributed by atoms with van der Waals surface area (Å²) < 4.78 is 16.5. The van der Waals surface area contributed by atoms with E-state index >= 15 is 0 Å². The van der Waals surface area contributed by atoms with Gasteiger partial charge in [0.25, 0.3) is 0 Å². The van der Waals surface area contributed by atoms with Gasteiger partial charge in [-0.3, -0.25) is 4.79 Å². The van der Waals surface area contributed by atoms with Crippen molar-refractivity contribution in [3.63, 3.8) is 0 Å². The highest BCUT2D eigenvalue weighted by molar-refractivity contribution is 5.75. The fourth-order valence-electron chi connectivity index (χ4n) is 5.85. The summed E-state index contributed by atoms with van der Waals surface area (Å²) in [5.41, 5.74) is 2.73. The average molecular weight is 400 g/mol. The number of allylic oxidation sites excluding steroid dienone is 1. The predicted molar refractivity (Wildman–Crippen MR) is 112 cm³/mol. The molecule has 1 aromatic carbocycles. The zero-order chi connectivity index (χ0) is 20.6. The second-order valence-corrected chi connectivity index (χ2v) is 9.22. The molecule has 5 atom stereocenters. The monoisotopic (exact) mass is 399 g/mol. The molecule has 0 radical (unpaired) electrons. The van der Waals surface area contributed by atoms with Crippen LogP contribution in [0, 0.1) is 23.2 Å². The van der Waals surface area contributed by atoms with Crippen molar-refractivity contribution in [3.8, 4) is 11.5 Å². The summed E-state index contributed by atoms with van der Waals surface area (Å²) in [7, 11) is 3.27. The molecule has 5 heteroatoms. The molecular weight excluding hydrogens is 366 g/mol. The Morgan fingerprint density at radius 2 is 2.07 bits per heavy atom. The quantitative estimate of drug-likeness (QED) is 0.576. The highest BCUT2D eigenvalue weighted by atomic mass is 16.6. The van der Waals surface area contributed by atoms with Crippen LogP contribution in [0.2, 0.25) is 0 Å². The minimum absolute atomic E-state index is 0.0346. The predicted octanol–water partition coefficient (Wildman–Crippen LogP) is 4.11. The molecule has 3 aliphatic rings. The molecule has 3 fully saturated rings. The number of benzene rings is 1. The van der Waals surface area contributed by atoms with E-state index in [0.29, 0.717) is 24.9 Å². The minimum atomic E-state index is -0.0700. The topological polar surface area (TPSA) is 56.8 Å². The van der Waals surface area contributed by atoms with Crippen molar-refractivity contribution in [2.24, 2.45) is 23.2 Å². The molecule has 0 amide bonds. The standard InChI is InChI=1S/C24H33NO4/c1-15-6-5-9-24(2)12-22-17(11-19(15)24)18(23(26)29-22)14-25-13-16-7-8-20(27-3)21(10-16)28-4/h7-8,10,17-19,22,25H,1,5-6,9,11-14H2,2-4H3/t17-,18+,19+,22+,24+/m0/s1. The molecule has 0 unspecified atom stereocenters. The molecule has 4 rings (SSSR count). The Morgan fingerprint density at radius 3 is 2.83 bits per heavy atom. The third-order valence-corrected chi connectivity index (χ3v) is 7.46. The third-order valence-electron chi connectivity index (χ3n) is 7.46. The fourth-order valence-corrected chi connectivity index (χ4v) is 5.85. The molecule has 29 heavy (non-hydrogen) atoms. The number of nitrogens with one attached hydrogen (secondary N) is 1. The highest BCUT2D eigenvalue weighted by Crippen LogP contribution is 2.56. The van der Waals surface area contributed by atoms with E-state index in [1.807, 2.05) is 18.2 Å². The highest BCUT2D eigenvalue weighted by Gasteiger charge is 2.54. The van der Waals surface area contributed by atoms with Gasteiger partial charge in [0.1, 0.15) is 6.10 Å². The van der Waals surface area contributed by atoms with E-state index in [2.05, 4.69) is 18.8 Å². The lowest BCUT2D eigenvalue weighted by molar-refractivity contribution is -0.146. The molecule has 0 spiro atoms. The van der Waals surface area contributed by atoms with Crippen LogP contribution in [-0.2, 0) is 16.1 Å². The third kappa shape index (κ3) is 3.77. The first-order valence-electron chi connectivity index (χ1n) is 10.7. The lowest BCUT2D eigenvalue weighted by Gasteiger charge is -2.50. The van der Waals surface area contributed by atoms with Gasteiger partial charge in [-0.1, -0.05) is 25.1 Å². The Hall–Kier alpha value is -2.01. The van der Waals surface area contributed by atoms with Crippen molar-refractivity contribution < 1.29 is 19.0 Å². The molecule has 1 aliphatic heterocycles. The molecule has 2 saturated carbocycles. The van der Waals surface area contributed by atoms with E-state index in [0.717, 1.165) is 36.3 Å². The van der Waals surface area contributed by atoms with Gasteiger partial charge < -0.3 is 19.5 Å². The smallest absolute Gasteiger partial charge is 0.310 e. The fraction of sp³-hybridized carbons (Fsp3) is 0.625. The van der Waals surface area contributed by atoms with Crippen molar-refractivity contribution in [2.45, 2.75) is 51.7 Å². The van der Waals surface area contributed by atoms with Gasteiger partial charge in [-0.05, 0) is 61.1 Å². The van der Waals surface area contributed by atoms with E-state index in [-0.39, 0.29) is 23.4 Å². The lowest BCUT2D eigenvalue weighted by atomic mass is 9.55. The van der Waals surface area contributed by atoms with Gasteiger partial charge in [0.05, 0.1) is 20.1 Å². The van der Waals surface area contributed by atoms with Crippen LogP contribution in [0.4, 0.5) is 0 Å². The number of esters is 1. The SMILES string of the molecule is C=C1CCC[C@]2(C)C[C@H]3OC(=O)[C@H](CNCc4ccc(OC)c(OC)c4)[C@@H]3C[C@H]12. The van der Waals surface area contributed by atoms with Crippen LogP contribution in [-0.4, -0.2) is 32.8 Å². The maximum absolute atomic E-state index is 12.6. The summed E-state index contributed by atoms with van der Waals surface area (Å²) in [6.45, 7) is 8.06. The van der Waals surface area contributed by atoms with Crippen molar-refractivity contribution in [2.75, 3.05) is 20.8 Å². The second-order valence-electron chi connectivity index (χ2n) is 9.22. The molecular formula is C24H33NO4. The van der Waals surface area contributed by atoms with Crippen LogP contribution < -0.4 is 14.8 Å². The van der Waals surface area contributed by atoms with E-state index in [1.165, 1.54) is 18.4 Å². The molecule has 158 valence electrons. The van der Waals surface area contributed by atoms with Gasteiger partial charge in [-0.2, -0.15) is 0 Å². The van der Waals surface area contributed by atoms with Crippen molar-refractivity contribution >= 4 is 5.97 Å². The maximum atomic E-state index is 12.6. The first kappa shape index (κ1) is 20.3. The molecule has 0 aromatic heterocycles. The Bertz CT molecular complexity index is 791. The normalized spacial score (nSPS) is 33.6. The van der Waals surface area contributed by atoms with Crippen LogP contribution in [0.1, 0.15) is 44.6 Å². The van der Waals surface area contributed by atoms with Crippen molar-refractivity contribution in [3.05, 3.63) is 35.9 Å². The van der Waals surface area contributed by atoms with Gasteiger partial charge in [0.15, 0.2) is 11.5 Å². The number of ether oxygens (including phenoxy) is 3. The number of rotatable bonds is 6. The van der Waals surface area contributed by atoms with Crippen LogP contribution in [0.3, 0.4) is 0 Å². The summed E-state index contributed by atoms with van der Waals surface area (Å²) in [4.78, 5) is 12.6. The molecule has 1 saturated heterocycles. The summed E-state index contributed by atoms with van der Waals surface area (Å²) in [5.74, 6) is 2.16. The van der Waals surface area contributed by atoms with E-state index in [4.69, 9.17) is 14.2 Å². The zero-order valence-corrected chi connectivity index (χ0v) is 17.8. The number of methoxy groups -OCH3 is 2. The van der Waals surface area contributed by atoms with Crippen LogP contribution in [0.5, 0.6) is 11.5 Å². The summed E-state index contributed by atoms with van der Waals surface area (Å²) in [6, 6.07) is 5.90. The number of carbonyl (C=O) groups excluding carboxylic acids is 1. The minimum Gasteiger partial charge on any atom is -0.493 e. The van der Waals surface area contributed by atoms with E-state index in [9.17, 15) is 4.79 Å². The Kier molecular flexibility index (Phi) is 5.60. The lowest BCUT2D eigenvalue weighted by Crippen LogP contribution is -2.45. The Labute approximate surface area is 173 Å². The average Bonchev–Trinajstić information content (AvgIpc) is 3.00. The van der Waals surface area contributed by atoms with Crippen molar-refractivity contribution in [1.29, 1.82) is 0 Å². The number of fused-ring (bicyclic) bond motifs is 2. The summed E-state index contributed by atoms with van der Waals surface area (Å²) >= 11 is 0. The first-order valence-corrected chi connectivity index (χ1v) is 10.7. The molecule has 1 N–H and O–H groups in total. The summed E-state index contributed by atoms with van der Waals surface area (Å²) in [6.07, 6.45) is 5.66. The van der Waals surface area contributed by atoms with Gasteiger partial charge in [0.2, 0.25) is 0 Å². The molecule has 1 heterocycles. The molecule has 0 bridgehead atoms. The van der Waals surface area contributed by atoms with E-state index < -0.39 is 0 Å². The van der Waals surface area contributed by atoms with Crippen LogP contribution in [0.25, 0.3) is 0 Å². The Morgan fingerprint density at radius 1 is 1.28 bits per heavy atom. The van der Waals surface area contributed by atoms with Gasteiger partial charge >= 0.3 is 5.97 Å². The van der Waals surface area contributed by atoms with Crippen LogP contribution in [0.15, 0.2) is 30.4 Å². The van der Waals surface area contributed by atoms with Crippen molar-refractivity contribution in [1.82, 2.24) is 5.32 Å². The number of hydrogen-bond donors (Lipinski definition) is 1. The number of carbonyl (C=O) groups is 1. The maximum Gasteiger partial charge on any atom is 0.310 e. The second kappa shape index (κ2) is 8.02. The number of hydrogen-bond acceptors (Lipinski definition) is 5. The zero-order valence-electron chi connectivity index (χ0n) is 17.8. The largest absolute Gasteiger partial charge is 0.493 e. The van der Waals surface area contributed by atoms with E-state index in [1.54, 1.807) is 14.2 Å².